The first-order valence-corrected chi connectivity index (χ1v) is 13.1. The third-order valence-corrected chi connectivity index (χ3v) is 12.1. The fourth-order valence-electron chi connectivity index (χ4n) is 4.72. The number of aryl methyl sites for hydroxylation is 1. The number of aliphatic hydroxyl groups excluding tert-OH is 1. The topological polar surface area (TPSA) is 29.5 Å². The van der Waals surface area contributed by atoms with Gasteiger partial charge in [0.15, 0.2) is 8.32 Å². The zero-order valence-corrected chi connectivity index (χ0v) is 20.2. The lowest BCUT2D eigenvalue weighted by atomic mass is 9.95. The van der Waals surface area contributed by atoms with Crippen molar-refractivity contribution in [1.82, 2.24) is 0 Å². The normalized spacial score (nSPS) is 13.1. The van der Waals surface area contributed by atoms with Gasteiger partial charge in [-0.05, 0) is 60.0 Å². The highest BCUT2D eigenvalue weighted by Gasteiger charge is 2.45. The second kappa shape index (κ2) is 12.4. The first-order valence-electron chi connectivity index (χ1n) is 11.0. The van der Waals surface area contributed by atoms with E-state index >= 15 is 0 Å². The van der Waals surface area contributed by atoms with Crippen LogP contribution in [0.1, 0.15) is 66.9 Å². The maximum absolute atomic E-state index is 10.1. The summed E-state index contributed by atoms with van der Waals surface area (Å²) in [6.45, 7) is 16.6. The van der Waals surface area contributed by atoms with E-state index in [0.717, 1.165) is 19.3 Å². The molecule has 2 nitrogen and oxygen atoms in total. The van der Waals surface area contributed by atoms with E-state index in [-0.39, 0.29) is 12.5 Å². The average Bonchev–Trinajstić information content (AvgIpc) is 2.65. The molecule has 0 aliphatic carbocycles. The average molecular weight is 403 g/mol. The molecular formula is C25H42O2Si. The standard InChI is InChI=1S/C25H42O2Si/c1-8-13-24(17-12-16-23-14-10-9-11-15-23)25(18-26)19-27-28(20(2)3,21(4)5)22(6)7/h8-11,14-15,20-22,25-26H,12,16-19H2,1-7H3/t13?,25-/m0/s1. The Morgan fingerprint density at radius 2 is 1.61 bits per heavy atom. The molecule has 158 valence electrons. The van der Waals surface area contributed by atoms with Crippen molar-refractivity contribution in [3.8, 4) is 0 Å². The molecule has 1 atom stereocenters. The molecule has 0 unspecified atom stereocenters. The number of aliphatic hydroxyl groups is 1. The molecule has 0 radical (unpaired) electrons. The zero-order chi connectivity index (χ0) is 21.2. The number of hydrogen-bond donors (Lipinski definition) is 1. The lowest BCUT2D eigenvalue weighted by molar-refractivity contribution is 0.168. The third kappa shape index (κ3) is 6.74. The molecule has 0 fully saturated rings. The molecular weight excluding hydrogens is 360 g/mol. The van der Waals surface area contributed by atoms with E-state index in [9.17, 15) is 5.11 Å². The monoisotopic (exact) mass is 402 g/mol. The number of rotatable bonds is 12. The van der Waals surface area contributed by atoms with Crippen LogP contribution in [-0.4, -0.2) is 26.6 Å². The zero-order valence-electron chi connectivity index (χ0n) is 19.2. The summed E-state index contributed by atoms with van der Waals surface area (Å²) in [5.74, 6) is 0.0371. The van der Waals surface area contributed by atoms with Crippen molar-refractivity contribution in [3.05, 3.63) is 53.3 Å². The molecule has 1 aromatic rings. The highest BCUT2D eigenvalue weighted by Crippen LogP contribution is 2.42. The Hall–Kier alpha value is -1.12. The maximum Gasteiger partial charge on any atom is 0.200 e. The quantitative estimate of drug-likeness (QED) is 0.304. The summed E-state index contributed by atoms with van der Waals surface area (Å²) >= 11 is 0. The van der Waals surface area contributed by atoms with E-state index in [2.05, 4.69) is 77.6 Å². The lowest BCUT2D eigenvalue weighted by Gasteiger charge is -2.43. The van der Waals surface area contributed by atoms with Gasteiger partial charge in [-0.25, -0.2) is 0 Å². The summed E-state index contributed by atoms with van der Waals surface area (Å²) in [6.07, 6.45) is 5.04. The highest BCUT2D eigenvalue weighted by molar-refractivity contribution is 6.77. The molecule has 0 aliphatic rings. The maximum atomic E-state index is 10.1. The minimum Gasteiger partial charge on any atom is -0.415 e. The third-order valence-electron chi connectivity index (χ3n) is 6.04. The van der Waals surface area contributed by atoms with E-state index in [4.69, 9.17) is 4.43 Å². The largest absolute Gasteiger partial charge is 0.415 e. The number of hydrogen-bond acceptors (Lipinski definition) is 2. The van der Waals surface area contributed by atoms with Crippen LogP contribution in [0.3, 0.4) is 0 Å². The minimum atomic E-state index is -1.92. The van der Waals surface area contributed by atoms with Gasteiger partial charge in [0.25, 0.3) is 0 Å². The second-order valence-electron chi connectivity index (χ2n) is 8.81. The second-order valence-corrected chi connectivity index (χ2v) is 14.3. The van der Waals surface area contributed by atoms with Gasteiger partial charge in [0.05, 0.1) is 6.61 Å². The molecule has 0 aromatic heterocycles. The van der Waals surface area contributed by atoms with Crippen LogP contribution in [0, 0.1) is 5.92 Å². The van der Waals surface area contributed by atoms with Gasteiger partial charge in [-0.1, -0.05) is 71.9 Å². The van der Waals surface area contributed by atoms with Crippen LogP contribution in [0.4, 0.5) is 0 Å². The fourth-order valence-corrected chi connectivity index (χ4v) is 10.2. The molecule has 28 heavy (non-hydrogen) atoms. The predicted octanol–water partition coefficient (Wildman–Crippen LogP) is 6.91. The summed E-state index contributed by atoms with van der Waals surface area (Å²) in [6, 6.07) is 10.6. The van der Waals surface area contributed by atoms with Crippen LogP contribution in [-0.2, 0) is 10.8 Å². The van der Waals surface area contributed by atoms with Crippen molar-refractivity contribution in [1.29, 1.82) is 0 Å². The van der Waals surface area contributed by atoms with E-state index in [1.807, 2.05) is 13.0 Å². The van der Waals surface area contributed by atoms with Crippen molar-refractivity contribution in [2.24, 2.45) is 5.92 Å². The van der Waals surface area contributed by atoms with E-state index in [0.29, 0.717) is 23.2 Å². The van der Waals surface area contributed by atoms with Crippen molar-refractivity contribution in [2.45, 2.75) is 84.4 Å². The molecule has 0 amide bonds. The molecule has 0 spiro atoms. The van der Waals surface area contributed by atoms with Gasteiger partial charge in [-0.2, -0.15) is 0 Å². The first-order chi connectivity index (χ1) is 13.3. The summed E-state index contributed by atoms with van der Waals surface area (Å²) in [5.41, 5.74) is 7.64. The van der Waals surface area contributed by atoms with Crippen LogP contribution in [0.25, 0.3) is 0 Å². The number of benzene rings is 1. The van der Waals surface area contributed by atoms with Gasteiger partial charge < -0.3 is 9.53 Å². The molecule has 1 N–H and O–H groups in total. The van der Waals surface area contributed by atoms with Gasteiger partial charge in [0.2, 0.25) is 0 Å². The van der Waals surface area contributed by atoms with Crippen LogP contribution in [0.15, 0.2) is 47.7 Å². The minimum absolute atomic E-state index is 0.0371. The molecule has 1 rings (SSSR count). The van der Waals surface area contributed by atoms with Crippen LogP contribution in [0.2, 0.25) is 16.6 Å². The molecule has 0 saturated carbocycles. The summed E-state index contributed by atoms with van der Waals surface area (Å²) in [5, 5.41) is 10.1. The molecule has 1 aromatic carbocycles. The first kappa shape index (κ1) is 24.9. The summed E-state index contributed by atoms with van der Waals surface area (Å²) in [7, 11) is -1.92. The Morgan fingerprint density at radius 3 is 2.07 bits per heavy atom. The molecule has 0 aliphatic heterocycles. The Balaban J connectivity index is 2.84. The fraction of sp³-hybridized carbons (Fsp3) is 0.640. The Morgan fingerprint density at radius 1 is 1.04 bits per heavy atom. The van der Waals surface area contributed by atoms with Gasteiger partial charge in [-0.15, -0.1) is 5.73 Å². The van der Waals surface area contributed by atoms with Gasteiger partial charge in [-0.3, -0.25) is 0 Å². The molecule has 0 bridgehead atoms. The van der Waals surface area contributed by atoms with Crippen LogP contribution < -0.4 is 0 Å². The van der Waals surface area contributed by atoms with Gasteiger partial charge >= 0.3 is 0 Å². The van der Waals surface area contributed by atoms with Crippen LogP contribution in [0.5, 0.6) is 0 Å². The SMILES string of the molecule is CC=C=C(CCCc1ccccc1)[C@@H](CO)CO[Si](C(C)C)(C(C)C)C(C)C. The lowest BCUT2D eigenvalue weighted by Crippen LogP contribution is -2.48. The van der Waals surface area contributed by atoms with E-state index in [1.165, 1.54) is 11.1 Å². The molecule has 0 heterocycles. The predicted molar refractivity (Wildman–Crippen MR) is 124 cm³/mol. The molecule has 3 heteroatoms. The smallest absolute Gasteiger partial charge is 0.200 e. The van der Waals surface area contributed by atoms with Crippen molar-refractivity contribution in [3.63, 3.8) is 0 Å². The molecule has 0 saturated heterocycles. The van der Waals surface area contributed by atoms with E-state index in [1.54, 1.807) is 0 Å². The van der Waals surface area contributed by atoms with E-state index < -0.39 is 8.32 Å². The van der Waals surface area contributed by atoms with Crippen molar-refractivity contribution >= 4 is 8.32 Å². The Labute approximate surface area is 174 Å². The summed E-state index contributed by atoms with van der Waals surface area (Å²) in [4.78, 5) is 0. The Kier molecular flexibility index (Phi) is 11.1. The Bertz CT molecular complexity index is 591. The van der Waals surface area contributed by atoms with Crippen molar-refractivity contribution < 1.29 is 9.53 Å². The summed E-state index contributed by atoms with van der Waals surface area (Å²) < 4.78 is 6.76. The van der Waals surface area contributed by atoms with Crippen molar-refractivity contribution in [2.75, 3.05) is 13.2 Å². The van der Waals surface area contributed by atoms with Crippen LogP contribution >= 0.6 is 0 Å². The van der Waals surface area contributed by atoms with Gasteiger partial charge in [0.1, 0.15) is 0 Å². The highest BCUT2D eigenvalue weighted by atomic mass is 28.4. The van der Waals surface area contributed by atoms with Gasteiger partial charge in [0, 0.05) is 12.5 Å².